The van der Waals surface area contributed by atoms with E-state index in [2.05, 4.69) is 11.8 Å². The summed E-state index contributed by atoms with van der Waals surface area (Å²) >= 11 is 0. The van der Waals surface area contributed by atoms with Crippen LogP contribution in [0.3, 0.4) is 0 Å². The Labute approximate surface area is 89.9 Å². The monoisotopic (exact) mass is 213 g/mol. The summed E-state index contributed by atoms with van der Waals surface area (Å²) in [5.41, 5.74) is -0.933. The molecule has 2 rings (SSSR count). The number of hydrogen-bond acceptors (Lipinski definition) is 3. The minimum absolute atomic E-state index is 0.0834. The van der Waals surface area contributed by atoms with Gasteiger partial charge in [-0.05, 0) is 19.4 Å². The van der Waals surface area contributed by atoms with Crippen molar-refractivity contribution in [3.8, 4) is 0 Å². The molecule has 4 heteroatoms. The van der Waals surface area contributed by atoms with E-state index >= 15 is 0 Å². The lowest BCUT2D eigenvalue weighted by Crippen LogP contribution is -2.54. The maximum atomic E-state index is 10.8. The van der Waals surface area contributed by atoms with Gasteiger partial charge in [0.05, 0.1) is 12.0 Å². The van der Waals surface area contributed by atoms with Crippen LogP contribution in [0.4, 0.5) is 0 Å². The van der Waals surface area contributed by atoms with Crippen LogP contribution in [-0.2, 0) is 4.79 Å². The van der Waals surface area contributed by atoms with Crippen molar-refractivity contribution >= 4 is 5.97 Å². The van der Waals surface area contributed by atoms with E-state index < -0.39 is 11.6 Å². The zero-order valence-corrected chi connectivity index (χ0v) is 9.15. The molecule has 1 saturated carbocycles. The molecule has 2 N–H and O–H groups in total. The number of aliphatic carboxylic acids is 1. The summed E-state index contributed by atoms with van der Waals surface area (Å²) in [6, 6.07) is 0. The number of likely N-dealkylation sites (tertiary alicyclic amines) is 1. The van der Waals surface area contributed by atoms with Crippen molar-refractivity contribution in [3.63, 3.8) is 0 Å². The lowest BCUT2D eigenvalue weighted by molar-refractivity contribution is -0.151. The smallest absolute Gasteiger partial charge is 0.306 e. The first-order valence-electron chi connectivity index (χ1n) is 5.72. The molecule has 0 radical (unpaired) electrons. The lowest BCUT2D eigenvalue weighted by atomic mass is 9.78. The second-order valence-electron chi connectivity index (χ2n) is 4.89. The SMILES string of the molecule is CCN1CC2CCC(C1)C2(O)CC(=O)O. The molecule has 1 heterocycles. The van der Waals surface area contributed by atoms with E-state index in [1.165, 1.54) is 0 Å². The van der Waals surface area contributed by atoms with Crippen LogP contribution in [0, 0.1) is 11.8 Å². The second kappa shape index (κ2) is 3.76. The summed E-state index contributed by atoms with van der Waals surface area (Å²) in [6.07, 6.45) is 1.87. The van der Waals surface area contributed by atoms with E-state index in [4.69, 9.17) is 5.11 Å². The maximum Gasteiger partial charge on any atom is 0.306 e. The molecule has 15 heavy (non-hydrogen) atoms. The van der Waals surface area contributed by atoms with E-state index in [1.54, 1.807) is 0 Å². The van der Waals surface area contributed by atoms with Crippen LogP contribution in [-0.4, -0.2) is 46.3 Å². The Bertz CT molecular complexity index is 253. The molecular weight excluding hydrogens is 194 g/mol. The molecule has 0 amide bonds. The summed E-state index contributed by atoms with van der Waals surface area (Å²) < 4.78 is 0. The van der Waals surface area contributed by atoms with E-state index in [9.17, 15) is 9.90 Å². The van der Waals surface area contributed by atoms with Crippen LogP contribution in [0.1, 0.15) is 26.2 Å². The summed E-state index contributed by atoms with van der Waals surface area (Å²) in [4.78, 5) is 13.1. The van der Waals surface area contributed by atoms with Crippen molar-refractivity contribution < 1.29 is 15.0 Å². The molecule has 2 fully saturated rings. The minimum atomic E-state index is -0.933. The first kappa shape index (κ1) is 10.9. The van der Waals surface area contributed by atoms with Gasteiger partial charge in [-0.3, -0.25) is 4.79 Å². The molecule has 2 unspecified atom stereocenters. The molecule has 4 nitrogen and oxygen atoms in total. The van der Waals surface area contributed by atoms with Gasteiger partial charge in [0.1, 0.15) is 0 Å². The number of piperidine rings is 1. The average Bonchev–Trinajstić information content (AvgIpc) is 2.40. The average molecular weight is 213 g/mol. The zero-order valence-electron chi connectivity index (χ0n) is 9.15. The van der Waals surface area contributed by atoms with Crippen molar-refractivity contribution in [2.75, 3.05) is 19.6 Å². The number of fused-ring (bicyclic) bond motifs is 2. The molecule has 2 bridgehead atoms. The molecule has 86 valence electrons. The van der Waals surface area contributed by atoms with Gasteiger partial charge < -0.3 is 15.1 Å². The molecule has 1 aliphatic carbocycles. The first-order valence-corrected chi connectivity index (χ1v) is 5.72. The van der Waals surface area contributed by atoms with Gasteiger partial charge in [0, 0.05) is 24.9 Å². The van der Waals surface area contributed by atoms with Gasteiger partial charge in [0.2, 0.25) is 0 Å². The summed E-state index contributed by atoms with van der Waals surface area (Å²) in [5.74, 6) is -0.557. The van der Waals surface area contributed by atoms with Gasteiger partial charge in [-0.1, -0.05) is 6.92 Å². The molecule has 0 spiro atoms. The van der Waals surface area contributed by atoms with Crippen molar-refractivity contribution in [3.05, 3.63) is 0 Å². The molecule has 0 aromatic carbocycles. The fraction of sp³-hybridized carbons (Fsp3) is 0.909. The van der Waals surface area contributed by atoms with E-state index in [-0.39, 0.29) is 18.3 Å². The van der Waals surface area contributed by atoms with Crippen LogP contribution in [0.25, 0.3) is 0 Å². The predicted octanol–water partition coefficient (Wildman–Crippen LogP) is 0.554. The minimum Gasteiger partial charge on any atom is -0.481 e. The Hall–Kier alpha value is -0.610. The van der Waals surface area contributed by atoms with Crippen LogP contribution >= 0.6 is 0 Å². The van der Waals surface area contributed by atoms with Crippen LogP contribution in [0.5, 0.6) is 0 Å². The number of carboxylic acids is 1. The Kier molecular flexibility index (Phi) is 2.73. The quantitative estimate of drug-likeness (QED) is 0.719. The van der Waals surface area contributed by atoms with Crippen molar-refractivity contribution in [2.45, 2.75) is 31.8 Å². The number of nitrogens with zero attached hydrogens (tertiary/aromatic N) is 1. The second-order valence-corrected chi connectivity index (χ2v) is 4.89. The van der Waals surface area contributed by atoms with Crippen molar-refractivity contribution in [2.24, 2.45) is 11.8 Å². The van der Waals surface area contributed by atoms with Gasteiger partial charge in [-0.25, -0.2) is 0 Å². The van der Waals surface area contributed by atoms with Crippen LogP contribution < -0.4 is 0 Å². The first-order chi connectivity index (χ1) is 7.06. The number of carbonyl (C=O) groups is 1. The highest BCUT2D eigenvalue weighted by molar-refractivity contribution is 5.68. The van der Waals surface area contributed by atoms with Crippen molar-refractivity contribution in [1.82, 2.24) is 4.90 Å². The van der Waals surface area contributed by atoms with Gasteiger partial charge in [-0.2, -0.15) is 0 Å². The van der Waals surface area contributed by atoms with Gasteiger partial charge in [0.25, 0.3) is 0 Å². The molecule has 2 aliphatic rings. The van der Waals surface area contributed by atoms with Gasteiger partial charge >= 0.3 is 5.97 Å². The summed E-state index contributed by atoms with van der Waals surface area (Å²) in [7, 11) is 0. The normalized spacial score (nSPS) is 40.7. The Morgan fingerprint density at radius 2 is 1.93 bits per heavy atom. The molecule has 0 aromatic rings. The molecule has 0 aromatic heterocycles. The standard InChI is InChI=1S/C11H19NO3/c1-2-12-6-8-3-4-9(7-12)11(8,15)5-10(13)14/h8-9,15H,2-7H2,1H3,(H,13,14). The largest absolute Gasteiger partial charge is 0.481 e. The summed E-state index contributed by atoms with van der Waals surface area (Å²) in [6.45, 7) is 4.82. The molecule has 1 aliphatic heterocycles. The van der Waals surface area contributed by atoms with Gasteiger partial charge in [0.15, 0.2) is 0 Å². The van der Waals surface area contributed by atoms with Crippen molar-refractivity contribution in [1.29, 1.82) is 0 Å². The zero-order chi connectivity index (χ0) is 11.1. The summed E-state index contributed by atoms with van der Waals surface area (Å²) in [5, 5.41) is 19.3. The van der Waals surface area contributed by atoms with Crippen LogP contribution in [0.2, 0.25) is 0 Å². The lowest BCUT2D eigenvalue weighted by Gasteiger charge is -2.43. The number of aliphatic hydroxyl groups is 1. The van der Waals surface area contributed by atoms with Gasteiger partial charge in [-0.15, -0.1) is 0 Å². The number of hydrogen-bond donors (Lipinski definition) is 2. The third kappa shape index (κ3) is 1.76. The van der Waals surface area contributed by atoms with E-state index in [1.807, 2.05) is 0 Å². The number of carboxylic acid groups (broad SMARTS) is 1. The molecule has 2 atom stereocenters. The highest BCUT2D eigenvalue weighted by Crippen LogP contribution is 2.46. The third-order valence-electron chi connectivity index (χ3n) is 4.12. The van der Waals surface area contributed by atoms with Crippen LogP contribution in [0.15, 0.2) is 0 Å². The number of rotatable bonds is 3. The predicted molar refractivity (Wildman–Crippen MR) is 55.5 cm³/mol. The van der Waals surface area contributed by atoms with E-state index in [0.29, 0.717) is 0 Å². The maximum absolute atomic E-state index is 10.8. The third-order valence-corrected chi connectivity index (χ3v) is 4.12. The van der Waals surface area contributed by atoms with E-state index in [0.717, 1.165) is 32.5 Å². The Morgan fingerprint density at radius 3 is 2.33 bits per heavy atom. The molecular formula is C11H19NO3. The Morgan fingerprint density at radius 1 is 1.40 bits per heavy atom. The fourth-order valence-corrected chi connectivity index (χ4v) is 3.22. The topological polar surface area (TPSA) is 60.8 Å². The highest BCUT2D eigenvalue weighted by atomic mass is 16.4. The molecule has 1 saturated heterocycles. The fourth-order valence-electron chi connectivity index (χ4n) is 3.22. The highest BCUT2D eigenvalue weighted by Gasteiger charge is 2.53. The Balaban J connectivity index is 2.12.